The summed E-state index contributed by atoms with van der Waals surface area (Å²) < 4.78 is 0. The molecule has 3 rings (SSSR count). The van der Waals surface area contributed by atoms with Gasteiger partial charge in [0.05, 0.1) is 11.4 Å². The van der Waals surface area contributed by atoms with Crippen molar-refractivity contribution in [1.29, 1.82) is 0 Å². The molecule has 4 N–H and O–H groups in total. The lowest BCUT2D eigenvalue weighted by atomic mass is 10.1. The molecule has 0 aromatic heterocycles. The first-order valence-electron chi connectivity index (χ1n) is 5.73. The van der Waals surface area contributed by atoms with E-state index in [0.717, 1.165) is 17.0 Å². The number of fused-ring (bicyclic) bond motifs is 1. The third-order valence-electron chi connectivity index (χ3n) is 2.97. The van der Waals surface area contributed by atoms with Gasteiger partial charge in [-0.3, -0.25) is 4.90 Å². The number of hydrogen-bond donors (Lipinski definition) is 3. The predicted octanol–water partition coefficient (Wildman–Crippen LogP) is 1.29. The number of hydrogen-bond acceptors (Lipinski definition) is 5. The molecule has 0 atom stereocenters. The number of phenols is 1. The summed E-state index contributed by atoms with van der Waals surface area (Å²) in [5.41, 5.74) is 10.6. The Morgan fingerprint density at radius 1 is 1.47 bits per heavy atom. The predicted molar refractivity (Wildman–Crippen MR) is 74.8 cm³/mol. The van der Waals surface area contributed by atoms with Crippen LogP contribution < -0.4 is 11.2 Å². The molecular weight excluding hydrogens is 264 g/mol. The van der Waals surface area contributed by atoms with Gasteiger partial charge in [-0.1, -0.05) is 0 Å². The van der Waals surface area contributed by atoms with Crippen molar-refractivity contribution in [2.24, 2.45) is 5.10 Å². The lowest BCUT2D eigenvalue weighted by molar-refractivity contribution is 0.213. The number of nitrogens with two attached hydrogens (primary N) is 1. The van der Waals surface area contributed by atoms with Gasteiger partial charge in [-0.25, -0.2) is 10.2 Å². The first-order valence-corrected chi connectivity index (χ1v) is 6.78. The van der Waals surface area contributed by atoms with Crippen LogP contribution in [0.15, 0.2) is 34.4 Å². The molecule has 0 radical (unpaired) electrons. The normalized spacial score (nSPS) is 18.3. The second kappa shape index (κ2) is 4.51. The topological polar surface area (TPSA) is 90.9 Å². The number of anilines is 1. The van der Waals surface area contributed by atoms with E-state index in [1.165, 1.54) is 6.07 Å². The molecule has 0 saturated heterocycles. The third-order valence-corrected chi connectivity index (χ3v) is 3.78. The summed E-state index contributed by atoms with van der Waals surface area (Å²) in [4.78, 5) is 13.4. The number of rotatable bonds is 1. The number of nitrogens with one attached hydrogen (secondary N) is 1. The Morgan fingerprint density at radius 3 is 3.11 bits per heavy atom. The summed E-state index contributed by atoms with van der Waals surface area (Å²) in [7, 11) is 0. The molecule has 19 heavy (non-hydrogen) atoms. The van der Waals surface area contributed by atoms with E-state index in [9.17, 15) is 9.90 Å². The molecule has 2 amide bonds. The van der Waals surface area contributed by atoms with E-state index in [4.69, 9.17) is 5.73 Å². The summed E-state index contributed by atoms with van der Waals surface area (Å²) in [5, 5.41) is 15.5. The third kappa shape index (κ3) is 2.01. The van der Waals surface area contributed by atoms with Gasteiger partial charge in [-0.2, -0.15) is 5.10 Å². The maximum atomic E-state index is 11.7. The van der Waals surface area contributed by atoms with Gasteiger partial charge in [0, 0.05) is 17.9 Å². The van der Waals surface area contributed by atoms with E-state index >= 15 is 0 Å². The van der Waals surface area contributed by atoms with Gasteiger partial charge in [-0.15, -0.1) is 11.8 Å². The molecule has 0 fully saturated rings. The standard InChI is InChI=1S/C12H12N4O2S/c13-8-5-7(1-2-10(8)17)11-9-6-19-4-3-16(9)12(18)15-14-11/h1-2,5-6,17H,3-4,13H2,(H,15,18). The number of benzene rings is 1. The molecule has 0 aliphatic carbocycles. The maximum absolute atomic E-state index is 11.7. The lowest BCUT2D eigenvalue weighted by Gasteiger charge is -2.31. The van der Waals surface area contributed by atoms with Crippen LogP contribution in [-0.4, -0.2) is 34.0 Å². The molecule has 1 aromatic carbocycles. The van der Waals surface area contributed by atoms with Crippen molar-refractivity contribution in [2.75, 3.05) is 18.0 Å². The SMILES string of the molecule is Nc1cc(C2=NNC(=O)N3CCSC=C23)ccc1O. The highest BCUT2D eigenvalue weighted by atomic mass is 32.2. The molecule has 6 nitrogen and oxygen atoms in total. The van der Waals surface area contributed by atoms with Crippen LogP contribution in [0.1, 0.15) is 5.56 Å². The molecule has 98 valence electrons. The fraction of sp³-hybridized carbons (Fsp3) is 0.167. The van der Waals surface area contributed by atoms with Gasteiger partial charge in [-0.05, 0) is 23.6 Å². The number of allylic oxidation sites excluding steroid dienone is 1. The molecule has 0 unspecified atom stereocenters. The molecule has 1 aromatic rings. The molecule has 2 heterocycles. The number of carbonyl (C=O) groups is 1. The van der Waals surface area contributed by atoms with Crippen molar-refractivity contribution < 1.29 is 9.90 Å². The second-order valence-electron chi connectivity index (χ2n) is 4.18. The van der Waals surface area contributed by atoms with Crippen molar-refractivity contribution in [3.8, 4) is 5.75 Å². The average molecular weight is 276 g/mol. The number of aromatic hydroxyl groups is 1. The zero-order valence-electron chi connectivity index (χ0n) is 9.96. The highest BCUT2D eigenvalue weighted by Gasteiger charge is 2.29. The number of carbonyl (C=O) groups excluding carboxylic acids is 1. The van der Waals surface area contributed by atoms with Gasteiger partial charge < -0.3 is 10.8 Å². The summed E-state index contributed by atoms with van der Waals surface area (Å²) in [6.45, 7) is 0.648. The quantitative estimate of drug-likeness (QED) is 0.532. The number of amides is 2. The van der Waals surface area contributed by atoms with Crippen LogP contribution in [0.3, 0.4) is 0 Å². The van der Waals surface area contributed by atoms with Gasteiger partial charge >= 0.3 is 6.03 Å². The van der Waals surface area contributed by atoms with E-state index in [2.05, 4.69) is 10.5 Å². The smallest absolute Gasteiger partial charge is 0.342 e. The van der Waals surface area contributed by atoms with Crippen LogP contribution in [0.2, 0.25) is 0 Å². The maximum Gasteiger partial charge on any atom is 0.342 e. The molecule has 0 spiro atoms. The van der Waals surface area contributed by atoms with Gasteiger partial charge in [0.15, 0.2) is 0 Å². The van der Waals surface area contributed by atoms with Crippen molar-refractivity contribution in [3.05, 3.63) is 34.9 Å². The largest absolute Gasteiger partial charge is 0.506 e. The van der Waals surface area contributed by atoms with E-state index in [1.54, 1.807) is 28.8 Å². The van der Waals surface area contributed by atoms with Crippen LogP contribution in [0.25, 0.3) is 0 Å². The first-order chi connectivity index (χ1) is 9.16. The van der Waals surface area contributed by atoms with Gasteiger partial charge in [0.2, 0.25) is 0 Å². The van der Waals surface area contributed by atoms with E-state index in [1.807, 2.05) is 5.41 Å². The summed E-state index contributed by atoms with van der Waals surface area (Å²) in [5.74, 6) is 0.898. The lowest BCUT2D eigenvalue weighted by Crippen LogP contribution is -2.46. The number of thioether (sulfide) groups is 1. The Kier molecular flexibility index (Phi) is 2.83. The van der Waals surface area contributed by atoms with E-state index in [0.29, 0.717) is 12.3 Å². The van der Waals surface area contributed by atoms with E-state index in [-0.39, 0.29) is 17.5 Å². The minimum absolute atomic E-state index is 0.0352. The van der Waals surface area contributed by atoms with Crippen molar-refractivity contribution >= 4 is 29.2 Å². The summed E-state index contributed by atoms with van der Waals surface area (Å²) in [6.07, 6.45) is 0. The number of hydrazone groups is 1. The fourth-order valence-corrected chi connectivity index (χ4v) is 2.80. The zero-order valence-corrected chi connectivity index (χ0v) is 10.8. The summed E-state index contributed by atoms with van der Waals surface area (Å²) in [6, 6.07) is 4.66. The fourth-order valence-electron chi connectivity index (χ4n) is 2.00. The second-order valence-corrected chi connectivity index (χ2v) is 5.15. The molecular formula is C12H12N4O2S. The molecule has 2 aliphatic heterocycles. The minimum Gasteiger partial charge on any atom is -0.506 e. The Balaban J connectivity index is 2.06. The Labute approximate surface area is 114 Å². The van der Waals surface area contributed by atoms with Crippen molar-refractivity contribution in [3.63, 3.8) is 0 Å². The monoisotopic (exact) mass is 276 g/mol. The average Bonchev–Trinajstić information content (AvgIpc) is 2.43. The van der Waals surface area contributed by atoms with Crippen molar-refractivity contribution in [2.45, 2.75) is 0 Å². The van der Waals surface area contributed by atoms with E-state index < -0.39 is 0 Å². The number of nitrogen functional groups attached to an aromatic ring is 1. The van der Waals surface area contributed by atoms with Crippen LogP contribution in [0, 0.1) is 0 Å². The number of phenolic OH excluding ortho intramolecular Hbond substituents is 1. The first kappa shape index (κ1) is 11.9. The van der Waals surface area contributed by atoms with Crippen LogP contribution in [0.4, 0.5) is 10.5 Å². The van der Waals surface area contributed by atoms with Gasteiger partial charge in [0.1, 0.15) is 11.5 Å². The summed E-state index contributed by atoms with van der Waals surface area (Å²) >= 11 is 1.64. The zero-order chi connectivity index (χ0) is 13.4. The molecule has 7 heteroatoms. The molecule has 0 bridgehead atoms. The van der Waals surface area contributed by atoms with Crippen LogP contribution in [0.5, 0.6) is 5.75 Å². The van der Waals surface area contributed by atoms with Crippen LogP contribution >= 0.6 is 11.8 Å². The number of urea groups is 1. The Bertz CT molecular complexity index is 612. The van der Waals surface area contributed by atoms with Gasteiger partial charge in [0.25, 0.3) is 0 Å². The highest BCUT2D eigenvalue weighted by Crippen LogP contribution is 2.28. The molecule has 2 aliphatic rings. The highest BCUT2D eigenvalue weighted by molar-refractivity contribution is 8.02. The molecule has 0 saturated carbocycles. The Morgan fingerprint density at radius 2 is 2.32 bits per heavy atom. The number of nitrogens with zero attached hydrogens (tertiary/aromatic N) is 2. The Hall–Kier alpha value is -2.15. The van der Waals surface area contributed by atoms with Crippen molar-refractivity contribution in [1.82, 2.24) is 10.3 Å². The minimum atomic E-state index is -0.220. The van der Waals surface area contributed by atoms with Crippen LogP contribution in [-0.2, 0) is 0 Å².